The van der Waals surface area contributed by atoms with Crippen LogP contribution in [-0.4, -0.2) is 13.2 Å². The first-order chi connectivity index (χ1) is 7.65. The molecule has 0 aliphatic carbocycles. The first-order valence-corrected chi connectivity index (χ1v) is 20.7. The van der Waals surface area contributed by atoms with Crippen LogP contribution in [0.25, 0.3) is 0 Å². The summed E-state index contributed by atoms with van der Waals surface area (Å²) in [5, 5.41) is 0. The van der Waals surface area contributed by atoms with E-state index in [1.165, 1.54) is 0 Å². The van der Waals surface area contributed by atoms with Crippen molar-refractivity contribution < 1.29 is 15.2 Å². The van der Waals surface area contributed by atoms with E-state index in [4.69, 9.17) is 46.3 Å². The fraction of sp³-hybridized carbons (Fsp3) is 0.400. The summed E-state index contributed by atoms with van der Waals surface area (Å²) in [6, 6.07) is 12.5. The summed E-state index contributed by atoms with van der Waals surface area (Å²) in [6.07, 6.45) is 0. The van der Waals surface area contributed by atoms with Crippen LogP contribution in [-0.2, 0) is 15.2 Å². The average molecular weight is 492 g/mol. The second-order valence-electron chi connectivity index (χ2n) is 2.52. The summed E-state index contributed by atoms with van der Waals surface area (Å²) in [5.74, 6) is 0. The fourth-order valence-corrected chi connectivity index (χ4v) is 0.546. The largest absolute Gasteiger partial charge is 0.184 e. The zero-order valence-electron chi connectivity index (χ0n) is 9.63. The van der Waals surface area contributed by atoms with E-state index in [-0.39, 0.29) is 0 Å². The Morgan fingerprint density at radius 2 is 1.35 bits per heavy atom. The van der Waals surface area contributed by atoms with Crippen molar-refractivity contribution in [1.82, 2.24) is 0 Å². The fourth-order valence-electron chi connectivity index (χ4n) is 0.546. The van der Waals surface area contributed by atoms with Gasteiger partial charge in [0.2, 0.25) is 0 Å². The molecule has 0 aliphatic heterocycles. The number of nitrogens with one attached hydrogen (secondary N) is 1. The van der Waals surface area contributed by atoms with Gasteiger partial charge in [-0.2, -0.15) is 36.4 Å². The monoisotopic (exact) mass is 490 g/mol. The molecule has 1 aromatic rings. The molecule has 0 saturated heterocycles. The Bertz CT molecular complexity index is 276. The average Bonchev–Trinajstić information content (AvgIpc) is 2.19. The molecule has 0 amide bonds. The molecule has 102 valence electrons. The molecule has 1 N–H and O–H groups in total. The summed E-state index contributed by atoms with van der Waals surface area (Å²) < 4.78 is 11.4. The van der Waals surface area contributed by atoms with Gasteiger partial charge >= 0.3 is 52.0 Å². The van der Waals surface area contributed by atoms with Gasteiger partial charge in [0.05, 0.1) is 0 Å². The van der Waals surface area contributed by atoms with Crippen molar-refractivity contribution in [3.05, 3.63) is 36.4 Å². The molecular formula is C10H16Cl4NOW-. The molecule has 0 bridgehead atoms. The molecule has 1 rings (SSSR count). The standard InChI is InChI=1S/C6H5.C4H10O.4ClH.HN.W/c1-2-4-6-5-3-1;1-3-5-4-2;;;;;;/h1-5H;3-4H2,1-2H3;5*1H;/q-1;;;;;;;+4/p-4. The number of benzene rings is 1. The summed E-state index contributed by atoms with van der Waals surface area (Å²) >= 11 is 0. The van der Waals surface area contributed by atoms with Crippen molar-refractivity contribution in [2.24, 2.45) is 0 Å². The summed E-state index contributed by atoms with van der Waals surface area (Å²) in [6.45, 7) is 5.67. The third-order valence-corrected chi connectivity index (χ3v) is 1.02. The van der Waals surface area contributed by atoms with Crippen LogP contribution >= 0.6 is 37.7 Å². The quantitative estimate of drug-likeness (QED) is 0.538. The predicted molar refractivity (Wildman–Crippen MR) is 73.6 cm³/mol. The van der Waals surface area contributed by atoms with Gasteiger partial charge in [0.25, 0.3) is 0 Å². The van der Waals surface area contributed by atoms with E-state index < -0.39 is 10.5 Å². The minimum atomic E-state index is -4.61. The van der Waals surface area contributed by atoms with Gasteiger partial charge in [0, 0.05) is 13.2 Å². The van der Waals surface area contributed by atoms with Crippen LogP contribution in [0.4, 0.5) is 0 Å². The molecule has 0 spiro atoms. The molecule has 0 heterocycles. The van der Waals surface area contributed by atoms with Gasteiger partial charge in [0.15, 0.2) is 0 Å². The molecule has 17 heavy (non-hydrogen) atoms. The van der Waals surface area contributed by atoms with Crippen molar-refractivity contribution in [3.8, 4) is 0 Å². The van der Waals surface area contributed by atoms with Crippen molar-refractivity contribution in [3.63, 3.8) is 0 Å². The number of rotatable bonds is 2. The van der Waals surface area contributed by atoms with E-state index in [1.807, 2.05) is 44.2 Å². The van der Waals surface area contributed by atoms with Gasteiger partial charge < -0.3 is 4.74 Å². The van der Waals surface area contributed by atoms with Crippen LogP contribution in [0, 0.1) is 9.98 Å². The van der Waals surface area contributed by atoms with Crippen LogP contribution < -0.4 is 0 Å². The van der Waals surface area contributed by atoms with E-state index in [1.54, 1.807) is 0 Å². The van der Waals surface area contributed by atoms with Gasteiger partial charge in [-0.25, -0.2) is 0 Å². The SMILES string of the molecule is CCOCC.[NH]=[W]([Cl])([Cl])([Cl])[Cl].[c-]1ccccc1. The van der Waals surface area contributed by atoms with Gasteiger partial charge in [-0.05, 0) is 13.8 Å². The zero-order valence-corrected chi connectivity index (χ0v) is 15.6. The molecule has 0 aliphatic rings. The van der Waals surface area contributed by atoms with Crippen molar-refractivity contribution in [2.45, 2.75) is 13.8 Å². The van der Waals surface area contributed by atoms with E-state index in [0.717, 1.165) is 13.2 Å². The summed E-state index contributed by atoms with van der Waals surface area (Å²) in [4.78, 5) is 0. The Balaban J connectivity index is 0. The molecule has 0 aromatic heterocycles. The summed E-state index contributed by atoms with van der Waals surface area (Å²) in [7, 11) is 15.2. The minimum Gasteiger partial charge on any atom is -0.184 e. The Morgan fingerprint density at radius 3 is 1.41 bits per heavy atom. The third kappa shape index (κ3) is 47.5. The van der Waals surface area contributed by atoms with Gasteiger partial charge in [-0.3, -0.25) is 0 Å². The molecule has 2 nitrogen and oxygen atoms in total. The Morgan fingerprint density at radius 1 is 1.00 bits per heavy atom. The molecule has 0 unspecified atom stereocenters. The normalized spacial score (nSPS) is 12.0. The number of halogens is 4. The second kappa shape index (κ2) is 10.7. The Hall–Kier alpha value is 0.828. The third-order valence-electron chi connectivity index (χ3n) is 1.02. The maximum atomic E-state index is 6.56. The second-order valence-corrected chi connectivity index (χ2v) is 35.2. The van der Waals surface area contributed by atoms with Crippen LogP contribution in [0.15, 0.2) is 30.3 Å². The van der Waals surface area contributed by atoms with Gasteiger partial charge in [0.1, 0.15) is 0 Å². The van der Waals surface area contributed by atoms with Crippen molar-refractivity contribution in [1.29, 1.82) is 3.91 Å². The van der Waals surface area contributed by atoms with Crippen LogP contribution in [0.1, 0.15) is 13.8 Å². The number of ether oxygens (including phenoxy) is 1. The Kier molecular flexibility index (Phi) is 12.7. The first-order valence-electron chi connectivity index (χ1n) is 4.72. The number of hydrogen-bond donors (Lipinski definition) is 1. The molecule has 0 atom stereocenters. The van der Waals surface area contributed by atoms with E-state index in [2.05, 4.69) is 6.07 Å². The zero-order chi connectivity index (χ0) is 13.8. The first kappa shape index (κ1) is 20.2. The van der Waals surface area contributed by atoms with Crippen LogP contribution in [0.3, 0.4) is 0 Å². The van der Waals surface area contributed by atoms with Crippen molar-refractivity contribution in [2.75, 3.05) is 13.2 Å². The molecule has 0 radical (unpaired) electrons. The molecule has 7 heteroatoms. The summed E-state index contributed by atoms with van der Waals surface area (Å²) in [5.41, 5.74) is 0. The maximum Gasteiger partial charge on any atom is -0.171 e. The molecule has 0 saturated carbocycles. The van der Waals surface area contributed by atoms with Crippen LogP contribution in [0.2, 0.25) is 0 Å². The molecular weight excluding hydrogens is 476 g/mol. The maximum absolute atomic E-state index is 6.56. The van der Waals surface area contributed by atoms with Crippen molar-refractivity contribution >= 4 is 37.7 Å². The van der Waals surface area contributed by atoms with E-state index in [0.29, 0.717) is 0 Å². The Labute approximate surface area is 119 Å². The topological polar surface area (TPSA) is 33.1 Å². The predicted octanol–water partition coefficient (Wildman–Crippen LogP) is 5.58. The minimum absolute atomic E-state index is 0.844. The molecule has 0 fully saturated rings. The number of hydrogen-bond acceptors (Lipinski definition) is 2. The van der Waals surface area contributed by atoms with Gasteiger partial charge in [-0.15, -0.1) is 0 Å². The molecule has 1 aromatic carbocycles. The van der Waals surface area contributed by atoms with E-state index >= 15 is 0 Å². The van der Waals surface area contributed by atoms with E-state index in [9.17, 15) is 0 Å². The smallest absolute Gasteiger partial charge is 0.171 e. The van der Waals surface area contributed by atoms with Gasteiger partial charge in [-0.1, -0.05) is 0 Å². The van der Waals surface area contributed by atoms with Crippen LogP contribution in [0.5, 0.6) is 0 Å².